The van der Waals surface area contributed by atoms with Gasteiger partial charge in [0, 0.05) is 66.9 Å². The van der Waals surface area contributed by atoms with Gasteiger partial charge in [-0.3, -0.25) is 14.4 Å². The SMILES string of the molecule is CC(=O)N1CCC(C(=O)N(C)Cc2cc(-c3cc(-c4cc(C(F)(F)F)ccc4Cl)c(C#N)c(=O)[nH]3)ccc2O)CC1. The first kappa shape index (κ1) is 29.7. The van der Waals surface area contributed by atoms with Gasteiger partial charge in [0.25, 0.3) is 5.56 Å². The summed E-state index contributed by atoms with van der Waals surface area (Å²) < 4.78 is 40.2. The van der Waals surface area contributed by atoms with Crippen LogP contribution >= 0.6 is 11.6 Å². The highest BCUT2D eigenvalue weighted by Crippen LogP contribution is 2.38. The second-order valence-corrected chi connectivity index (χ2v) is 10.3. The number of rotatable bonds is 5. The van der Waals surface area contributed by atoms with Crippen molar-refractivity contribution >= 4 is 23.4 Å². The second kappa shape index (κ2) is 11.7. The number of phenols is 1. The molecule has 12 heteroatoms. The molecule has 2 N–H and O–H groups in total. The number of amides is 2. The summed E-state index contributed by atoms with van der Waals surface area (Å²) in [5.74, 6) is -0.538. The number of hydrogen-bond acceptors (Lipinski definition) is 5. The summed E-state index contributed by atoms with van der Waals surface area (Å²) in [6.07, 6.45) is -3.61. The first-order valence-corrected chi connectivity index (χ1v) is 13.0. The smallest absolute Gasteiger partial charge is 0.416 e. The van der Waals surface area contributed by atoms with Gasteiger partial charge in [-0.15, -0.1) is 0 Å². The number of carbonyl (C=O) groups is 2. The lowest BCUT2D eigenvalue weighted by Crippen LogP contribution is -2.42. The van der Waals surface area contributed by atoms with E-state index in [0.29, 0.717) is 37.1 Å². The minimum Gasteiger partial charge on any atom is -0.508 e. The molecular formula is C29H26ClF3N4O4. The number of nitriles is 1. The Hall–Kier alpha value is -4.30. The molecule has 1 aromatic heterocycles. The predicted octanol–water partition coefficient (Wildman–Crippen LogP) is 5.18. The van der Waals surface area contributed by atoms with Crippen LogP contribution in [0.25, 0.3) is 22.4 Å². The monoisotopic (exact) mass is 586 g/mol. The van der Waals surface area contributed by atoms with Crippen LogP contribution in [0, 0.1) is 17.2 Å². The molecule has 2 aromatic carbocycles. The molecule has 0 aliphatic carbocycles. The summed E-state index contributed by atoms with van der Waals surface area (Å²) in [6.45, 7) is 2.51. The van der Waals surface area contributed by atoms with Gasteiger partial charge in [0.2, 0.25) is 11.8 Å². The average molecular weight is 587 g/mol. The number of nitrogens with zero attached hydrogens (tertiary/aromatic N) is 3. The molecule has 0 spiro atoms. The molecule has 0 bridgehead atoms. The third kappa shape index (κ3) is 6.38. The summed E-state index contributed by atoms with van der Waals surface area (Å²) in [7, 11) is 1.60. The first-order valence-electron chi connectivity index (χ1n) is 12.7. The Kier molecular flexibility index (Phi) is 8.44. The van der Waals surface area contributed by atoms with Crippen LogP contribution in [0.5, 0.6) is 5.75 Å². The van der Waals surface area contributed by atoms with Crippen molar-refractivity contribution in [2.24, 2.45) is 5.92 Å². The maximum Gasteiger partial charge on any atom is 0.416 e. The van der Waals surface area contributed by atoms with E-state index in [1.54, 1.807) is 24.1 Å². The van der Waals surface area contributed by atoms with E-state index in [1.807, 2.05) is 0 Å². The number of H-pyrrole nitrogens is 1. The topological polar surface area (TPSA) is 117 Å². The molecule has 1 aliphatic heterocycles. The number of likely N-dealkylation sites (tertiary alicyclic amines) is 1. The van der Waals surface area contributed by atoms with E-state index in [0.717, 1.165) is 18.2 Å². The fourth-order valence-corrected chi connectivity index (χ4v) is 5.13. The highest BCUT2D eigenvalue weighted by Gasteiger charge is 2.32. The van der Waals surface area contributed by atoms with E-state index < -0.39 is 22.9 Å². The van der Waals surface area contributed by atoms with Gasteiger partial charge < -0.3 is 19.9 Å². The molecule has 0 unspecified atom stereocenters. The zero-order valence-corrected chi connectivity index (χ0v) is 22.9. The molecule has 0 saturated carbocycles. The molecule has 41 heavy (non-hydrogen) atoms. The largest absolute Gasteiger partial charge is 0.508 e. The lowest BCUT2D eigenvalue weighted by atomic mass is 9.95. The molecule has 2 heterocycles. The maximum absolute atomic E-state index is 13.4. The Balaban J connectivity index is 1.66. The summed E-state index contributed by atoms with van der Waals surface area (Å²) in [5, 5.41) is 20.0. The Labute approximate surface area is 238 Å². The normalized spacial score (nSPS) is 14.0. The lowest BCUT2D eigenvalue weighted by Gasteiger charge is -2.32. The van der Waals surface area contributed by atoms with Crippen LogP contribution in [0.3, 0.4) is 0 Å². The number of aromatic amines is 1. The Morgan fingerprint density at radius 2 is 1.83 bits per heavy atom. The number of aromatic nitrogens is 1. The Morgan fingerprint density at radius 1 is 1.15 bits per heavy atom. The van der Waals surface area contributed by atoms with Crippen molar-refractivity contribution in [1.29, 1.82) is 5.26 Å². The number of aromatic hydroxyl groups is 1. The van der Waals surface area contributed by atoms with Gasteiger partial charge in [0.15, 0.2) is 0 Å². The summed E-state index contributed by atoms with van der Waals surface area (Å²) in [6, 6.07) is 10.2. The zero-order chi connectivity index (χ0) is 30.1. The minimum atomic E-state index is -4.67. The number of pyridine rings is 1. The fraction of sp³-hybridized carbons (Fsp3) is 0.310. The molecule has 1 fully saturated rings. The molecule has 1 saturated heterocycles. The fourth-order valence-electron chi connectivity index (χ4n) is 4.91. The van der Waals surface area contributed by atoms with E-state index in [1.165, 1.54) is 30.0 Å². The first-order chi connectivity index (χ1) is 19.3. The van der Waals surface area contributed by atoms with Gasteiger partial charge in [-0.05, 0) is 60.9 Å². The third-order valence-electron chi connectivity index (χ3n) is 7.19. The summed E-state index contributed by atoms with van der Waals surface area (Å²) >= 11 is 6.20. The number of hydrogen-bond donors (Lipinski definition) is 2. The number of alkyl halides is 3. The van der Waals surface area contributed by atoms with E-state index >= 15 is 0 Å². The van der Waals surface area contributed by atoms with Crippen molar-refractivity contribution in [3.05, 3.63) is 74.5 Å². The van der Waals surface area contributed by atoms with Gasteiger partial charge in [0.1, 0.15) is 17.4 Å². The number of piperidine rings is 1. The molecule has 1 aliphatic rings. The van der Waals surface area contributed by atoms with Gasteiger partial charge in [-0.25, -0.2) is 0 Å². The quantitative estimate of drug-likeness (QED) is 0.427. The molecule has 0 radical (unpaired) electrons. The molecule has 2 amide bonds. The molecule has 4 rings (SSSR count). The highest BCUT2D eigenvalue weighted by atomic mass is 35.5. The number of phenolic OH excluding ortho intramolecular Hbond substituents is 1. The third-order valence-corrected chi connectivity index (χ3v) is 7.52. The standard InChI is InChI=1S/C29H26ClF3N4O4/c1-16(38)37-9-7-17(8-10-37)28(41)36(2)15-19-11-18(3-6-26(19)39)25-13-21(23(14-34)27(40)35-25)22-12-20(29(31,32)33)4-5-24(22)30/h3-6,11-13,17,39H,7-10,15H2,1-2H3,(H,35,40). The predicted molar refractivity (Wildman–Crippen MR) is 146 cm³/mol. The highest BCUT2D eigenvalue weighted by molar-refractivity contribution is 6.33. The lowest BCUT2D eigenvalue weighted by molar-refractivity contribution is -0.139. The summed E-state index contributed by atoms with van der Waals surface area (Å²) in [4.78, 5) is 43.2. The minimum absolute atomic E-state index is 0.0367. The van der Waals surface area contributed by atoms with Crippen molar-refractivity contribution in [2.75, 3.05) is 20.1 Å². The zero-order valence-electron chi connectivity index (χ0n) is 22.2. The van der Waals surface area contributed by atoms with Gasteiger partial charge in [0.05, 0.1) is 5.56 Å². The van der Waals surface area contributed by atoms with Crippen molar-refractivity contribution in [1.82, 2.24) is 14.8 Å². The van der Waals surface area contributed by atoms with E-state index in [-0.39, 0.29) is 51.9 Å². The average Bonchev–Trinajstić information content (AvgIpc) is 2.93. The van der Waals surface area contributed by atoms with Crippen LogP contribution in [0.2, 0.25) is 5.02 Å². The van der Waals surface area contributed by atoms with Crippen LogP contribution in [0.15, 0.2) is 47.3 Å². The second-order valence-electron chi connectivity index (χ2n) is 9.92. The molecule has 0 atom stereocenters. The maximum atomic E-state index is 13.4. The van der Waals surface area contributed by atoms with Gasteiger partial charge in [-0.2, -0.15) is 18.4 Å². The van der Waals surface area contributed by atoms with E-state index in [9.17, 15) is 37.9 Å². The number of carbonyl (C=O) groups excluding carboxylic acids is 2. The molecular weight excluding hydrogens is 561 g/mol. The van der Waals surface area contributed by atoms with Crippen molar-refractivity contribution in [3.63, 3.8) is 0 Å². The Bertz CT molecular complexity index is 1610. The van der Waals surface area contributed by atoms with Crippen LogP contribution in [0.1, 0.15) is 36.5 Å². The van der Waals surface area contributed by atoms with Crippen LogP contribution < -0.4 is 5.56 Å². The van der Waals surface area contributed by atoms with Crippen LogP contribution in [0.4, 0.5) is 13.2 Å². The molecule has 3 aromatic rings. The van der Waals surface area contributed by atoms with Crippen molar-refractivity contribution < 1.29 is 27.9 Å². The number of nitrogens with one attached hydrogen (secondary N) is 1. The number of halogens is 4. The van der Waals surface area contributed by atoms with E-state index in [4.69, 9.17) is 11.6 Å². The molecule has 8 nitrogen and oxygen atoms in total. The van der Waals surface area contributed by atoms with E-state index in [2.05, 4.69) is 4.98 Å². The number of benzene rings is 2. The van der Waals surface area contributed by atoms with Crippen LogP contribution in [-0.4, -0.2) is 51.8 Å². The molecule has 214 valence electrons. The van der Waals surface area contributed by atoms with Crippen LogP contribution in [-0.2, 0) is 22.3 Å². The Morgan fingerprint density at radius 3 is 2.44 bits per heavy atom. The van der Waals surface area contributed by atoms with Crippen molar-refractivity contribution in [2.45, 2.75) is 32.5 Å². The summed E-state index contributed by atoms with van der Waals surface area (Å²) in [5.41, 5.74) is -1.52. The van der Waals surface area contributed by atoms with Gasteiger partial charge >= 0.3 is 6.18 Å². The van der Waals surface area contributed by atoms with Crippen molar-refractivity contribution in [3.8, 4) is 34.2 Å². The van der Waals surface area contributed by atoms with Gasteiger partial charge in [-0.1, -0.05) is 11.6 Å².